The number of esters is 2. The average Bonchev–Trinajstić information content (AvgIpc) is 3.33. The Hall–Kier alpha value is -2.62. The summed E-state index contributed by atoms with van der Waals surface area (Å²) in [6, 6.07) is 16.9. The number of hydrogen-bond acceptors (Lipinski definition) is 9. The molecule has 2 aliphatic heterocycles. The Bertz CT molecular complexity index is 1140. The fraction of sp³-hybridized carbons (Fsp3) is 0.261. The van der Waals surface area contributed by atoms with Crippen LogP contribution in [0.25, 0.3) is 0 Å². The number of carbonyl (C=O) groups excluding carboxylic acids is 2. The topological polar surface area (TPSA) is 71.4 Å². The van der Waals surface area contributed by atoms with E-state index >= 15 is 0 Å². The first kappa shape index (κ1) is 23.5. The predicted octanol–water partition coefficient (Wildman–Crippen LogP) is 5.43. The van der Waals surface area contributed by atoms with Crippen molar-refractivity contribution < 1.29 is 19.1 Å². The zero-order valence-corrected chi connectivity index (χ0v) is 20.7. The molecule has 2 heterocycles. The summed E-state index contributed by atoms with van der Waals surface area (Å²) in [6.45, 7) is 5.83. The first-order chi connectivity index (χ1) is 15.9. The van der Waals surface area contributed by atoms with Crippen LogP contribution >= 0.6 is 35.1 Å². The van der Waals surface area contributed by atoms with Crippen LogP contribution < -0.4 is 9.91 Å². The van der Waals surface area contributed by atoms with E-state index in [0.29, 0.717) is 21.3 Å². The zero-order chi connectivity index (χ0) is 23.6. The standard InChI is InChI=1S/C23H22ClN3O4S2/c1-4-30-21(28)19-15(3)26(16-11-7-6-8-12-16)23(32-19)27(18-14-10-9-13-17(18)24)25-20(33-23)22(29)31-5-2/h6-14H,4-5H2,1-3H3/t23-/m0/s1. The molecule has 0 saturated heterocycles. The summed E-state index contributed by atoms with van der Waals surface area (Å²) < 4.78 is 9.51. The van der Waals surface area contributed by atoms with E-state index in [1.165, 1.54) is 23.5 Å². The number of hydrogen-bond donors (Lipinski definition) is 0. The van der Waals surface area contributed by atoms with Crippen molar-refractivity contribution in [1.29, 1.82) is 0 Å². The highest BCUT2D eigenvalue weighted by Gasteiger charge is 2.58. The zero-order valence-electron chi connectivity index (χ0n) is 18.3. The molecule has 0 radical (unpaired) electrons. The molecule has 4 rings (SSSR count). The largest absolute Gasteiger partial charge is 0.462 e. The number of carbonyl (C=O) groups is 2. The maximum absolute atomic E-state index is 12.9. The minimum absolute atomic E-state index is 0.170. The third-order valence-corrected chi connectivity index (χ3v) is 8.05. The van der Waals surface area contributed by atoms with Gasteiger partial charge in [0.25, 0.3) is 0 Å². The molecule has 0 saturated carbocycles. The summed E-state index contributed by atoms with van der Waals surface area (Å²) in [7, 11) is 0. The van der Waals surface area contributed by atoms with E-state index < -0.39 is 16.3 Å². The number of allylic oxidation sites excluding steroid dienone is 1. The summed E-state index contributed by atoms with van der Waals surface area (Å²) in [6.07, 6.45) is 0. The highest BCUT2D eigenvalue weighted by molar-refractivity contribution is 8.29. The molecule has 0 bridgehead atoms. The van der Waals surface area contributed by atoms with Crippen LogP contribution in [-0.4, -0.2) is 34.5 Å². The summed E-state index contributed by atoms with van der Waals surface area (Å²) in [4.78, 5) is 28.0. The van der Waals surface area contributed by atoms with Crippen molar-refractivity contribution in [1.82, 2.24) is 0 Å². The van der Waals surface area contributed by atoms with E-state index in [2.05, 4.69) is 5.10 Å². The Balaban J connectivity index is 1.90. The van der Waals surface area contributed by atoms with Crippen LogP contribution in [0.3, 0.4) is 0 Å². The van der Waals surface area contributed by atoms with E-state index in [0.717, 1.165) is 5.69 Å². The third kappa shape index (κ3) is 4.20. The second-order valence-corrected chi connectivity index (χ2v) is 9.95. The first-order valence-corrected chi connectivity index (χ1v) is 12.4. The van der Waals surface area contributed by atoms with E-state index in [4.69, 9.17) is 21.1 Å². The number of nitrogens with zero attached hydrogens (tertiary/aromatic N) is 3. The normalized spacial score (nSPS) is 19.8. The summed E-state index contributed by atoms with van der Waals surface area (Å²) in [5, 5.41) is 6.95. The van der Waals surface area contributed by atoms with Crippen molar-refractivity contribution in [3.63, 3.8) is 0 Å². The van der Waals surface area contributed by atoms with E-state index in [-0.39, 0.29) is 18.3 Å². The minimum Gasteiger partial charge on any atom is -0.462 e. The molecule has 1 atom stereocenters. The highest BCUT2D eigenvalue weighted by atomic mass is 35.5. The summed E-state index contributed by atoms with van der Waals surface area (Å²) >= 11 is 9.04. The van der Waals surface area contributed by atoms with E-state index in [9.17, 15) is 9.59 Å². The molecule has 10 heteroatoms. The Labute approximate surface area is 205 Å². The van der Waals surface area contributed by atoms with Crippen LogP contribution in [-0.2, 0) is 19.1 Å². The number of para-hydroxylation sites is 2. The summed E-state index contributed by atoms with van der Waals surface area (Å²) in [5.41, 5.74) is 2.11. The van der Waals surface area contributed by atoms with Crippen LogP contribution in [0.2, 0.25) is 5.02 Å². The maximum Gasteiger partial charge on any atom is 0.365 e. The molecule has 0 fully saturated rings. The van der Waals surface area contributed by atoms with Crippen molar-refractivity contribution >= 4 is 63.5 Å². The molecule has 1 spiro atoms. The van der Waals surface area contributed by atoms with Crippen LogP contribution in [0.4, 0.5) is 11.4 Å². The van der Waals surface area contributed by atoms with E-state index in [1.54, 1.807) is 24.9 Å². The quantitative estimate of drug-likeness (QED) is 0.483. The molecule has 2 aliphatic rings. The van der Waals surface area contributed by atoms with Gasteiger partial charge in [-0.15, -0.1) is 0 Å². The van der Waals surface area contributed by atoms with Crippen molar-refractivity contribution in [3.8, 4) is 0 Å². The molecule has 0 aliphatic carbocycles. The van der Waals surface area contributed by atoms with Crippen LogP contribution in [0.5, 0.6) is 0 Å². The Morgan fingerprint density at radius 2 is 1.61 bits per heavy atom. The molecule has 2 aromatic carbocycles. The predicted molar refractivity (Wildman–Crippen MR) is 134 cm³/mol. The molecule has 7 nitrogen and oxygen atoms in total. The lowest BCUT2D eigenvalue weighted by atomic mass is 10.2. The number of ether oxygens (including phenoxy) is 2. The molecule has 0 amide bonds. The van der Waals surface area contributed by atoms with Gasteiger partial charge in [-0.2, -0.15) is 5.10 Å². The van der Waals surface area contributed by atoms with Gasteiger partial charge in [0.1, 0.15) is 4.91 Å². The number of thioether (sulfide) groups is 2. The highest BCUT2D eigenvalue weighted by Crippen LogP contribution is 2.60. The van der Waals surface area contributed by atoms with Crippen molar-refractivity contribution in [2.45, 2.75) is 25.1 Å². The second-order valence-electron chi connectivity index (χ2n) is 6.95. The Morgan fingerprint density at radius 3 is 2.27 bits per heavy atom. The molecule has 2 aromatic rings. The number of benzene rings is 2. The van der Waals surface area contributed by atoms with Gasteiger partial charge < -0.3 is 14.4 Å². The van der Waals surface area contributed by atoms with Crippen LogP contribution in [0.1, 0.15) is 20.8 Å². The van der Waals surface area contributed by atoms with Gasteiger partial charge in [0.05, 0.1) is 23.9 Å². The van der Waals surface area contributed by atoms with Gasteiger partial charge in [0, 0.05) is 11.4 Å². The number of hydrazone groups is 1. The molecular formula is C23H22ClN3O4S2. The lowest BCUT2D eigenvalue weighted by Gasteiger charge is -2.41. The van der Waals surface area contributed by atoms with Crippen LogP contribution in [0, 0.1) is 0 Å². The minimum atomic E-state index is -1.07. The number of halogens is 1. The fourth-order valence-corrected chi connectivity index (χ4v) is 6.69. The smallest absolute Gasteiger partial charge is 0.365 e. The fourth-order valence-electron chi connectivity index (χ4n) is 3.54. The van der Waals surface area contributed by atoms with Gasteiger partial charge in [-0.25, -0.2) is 14.6 Å². The monoisotopic (exact) mass is 503 g/mol. The molecule has 0 unspecified atom stereocenters. The molecule has 0 N–H and O–H groups in total. The van der Waals surface area contributed by atoms with Crippen molar-refractivity contribution in [3.05, 3.63) is 70.2 Å². The van der Waals surface area contributed by atoms with Gasteiger partial charge in [0.15, 0.2) is 0 Å². The maximum atomic E-state index is 12.9. The molecular weight excluding hydrogens is 482 g/mol. The third-order valence-electron chi connectivity index (χ3n) is 4.88. The van der Waals surface area contributed by atoms with Gasteiger partial charge in [-0.3, -0.25) is 0 Å². The average molecular weight is 504 g/mol. The second kappa shape index (κ2) is 9.70. The number of rotatable bonds is 6. The van der Waals surface area contributed by atoms with Crippen LogP contribution in [0.15, 0.2) is 70.3 Å². The molecule has 172 valence electrons. The lowest BCUT2D eigenvalue weighted by Crippen LogP contribution is -2.49. The Kier molecular flexibility index (Phi) is 6.92. The lowest BCUT2D eigenvalue weighted by molar-refractivity contribution is -0.137. The first-order valence-electron chi connectivity index (χ1n) is 10.3. The van der Waals surface area contributed by atoms with Gasteiger partial charge in [-0.05, 0) is 56.8 Å². The molecule has 0 aromatic heterocycles. The number of anilines is 2. The van der Waals surface area contributed by atoms with E-state index in [1.807, 2.05) is 60.4 Å². The van der Waals surface area contributed by atoms with Gasteiger partial charge >= 0.3 is 11.9 Å². The van der Waals surface area contributed by atoms with Gasteiger partial charge in [-0.1, -0.05) is 53.7 Å². The SMILES string of the molecule is CCOC(=O)C1=NN(c2ccccc2Cl)[C@]2(S1)SC(C(=O)OCC)=C(C)N2c1ccccc1. The van der Waals surface area contributed by atoms with Crippen molar-refractivity contribution in [2.75, 3.05) is 23.1 Å². The summed E-state index contributed by atoms with van der Waals surface area (Å²) in [5.74, 6) is -0.964. The molecule has 33 heavy (non-hydrogen) atoms. The Morgan fingerprint density at radius 1 is 0.970 bits per heavy atom. The van der Waals surface area contributed by atoms with Gasteiger partial charge in [0.2, 0.25) is 9.37 Å². The van der Waals surface area contributed by atoms with Crippen molar-refractivity contribution in [2.24, 2.45) is 5.10 Å².